The Kier molecular flexibility index (Phi) is 4.37. The number of hydrogen-bond acceptors (Lipinski definition) is 3. The van der Waals surface area contributed by atoms with Gasteiger partial charge in [0.15, 0.2) is 0 Å². The van der Waals surface area contributed by atoms with Crippen LogP contribution in [-0.2, 0) is 13.0 Å². The van der Waals surface area contributed by atoms with Crippen molar-refractivity contribution in [1.82, 2.24) is 14.8 Å². The summed E-state index contributed by atoms with van der Waals surface area (Å²) in [5, 5.41) is 0. The predicted molar refractivity (Wildman–Crippen MR) is 82.7 cm³/mol. The lowest BCUT2D eigenvalue weighted by Gasteiger charge is -2.43. The molecule has 2 fully saturated rings. The van der Waals surface area contributed by atoms with Gasteiger partial charge >= 0.3 is 0 Å². The second kappa shape index (κ2) is 6.23. The number of aromatic nitrogens is 1. The number of piperazine rings is 1. The van der Waals surface area contributed by atoms with Gasteiger partial charge in [0, 0.05) is 37.9 Å². The number of pyridine rings is 1. The van der Waals surface area contributed by atoms with Crippen LogP contribution in [-0.4, -0.2) is 46.5 Å². The van der Waals surface area contributed by atoms with Gasteiger partial charge in [0.2, 0.25) is 0 Å². The lowest BCUT2D eigenvalue weighted by atomic mass is 10.0. The molecule has 2 saturated heterocycles. The van der Waals surface area contributed by atoms with Gasteiger partial charge in [-0.2, -0.15) is 0 Å². The summed E-state index contributed by atoms with van der Waals surface area (Å²) in [6.45, 7) is 9.40. The highest BCUT2D eigenvalue weighted by atomic mass is 15.3. The maximum atomic E-state index is 4.64. The zero-order valence-electron chi connectivity index (χ0n) is 12.9. The highest BCUT2D eigenvalue weighted by molar-refractivity contribution is 5.19. The number of hydrogen-bond donors (Lipinski definition) is 0. The van der Waals surface area contributed by atoms with E-state index in [1.54, 1.807) is 0 Å². The molecule has 1 aromatic rings. The van der Waals surface area contributed by atoms with Crippen LogP contribution < -0.4 is 0 Å². The summed E-state index contributed by atoms with van der Waals surface area (Å²) >= 11 is 0. The van der Waals surface area contributed by atoms with E-state index in [-0.39, 0.29) is 0 Å². The van der Waals surface area contributed by atoms with Gasteiger partial charge in [0.25, 0.3) is 0 Å². The van der Waals surface area contributed by atoms with E-state index in [4.69, 9.17) is 0 Å². The molecule has 2 unspecified atom stereocenters. The van der Waals surface area contributed by atoms with Gasteiger partial charge in [-0.05, 0) is 43.9 Å². The van der Waals surface area contributed by atoms with Crippen molar-refractivity contribution in [3.05, 3.63) is 29.6 Å². The Morgan fingerprint density at radius 3 is 3.00 bits per heavy atom. The van der Waals surface area contributed by atoms with Crippen LogP contribution in [0.2, 0.25) is 0 Å². The van der Waals surface area contributed by atoms with Gasteiger partial charge in [0.1, 0.15) is 0 Å². The molecule has 2 aliphatic heterocycles. The molecule has 0 aromatic carbocycles. The lowest BCUT2D eigenvalue weighted by molar-refractivity contribution is 0.0427. The normalized spacial score (nSPS) is 27.7. The van der Waals surface area contributed by atoms with Gasteiger partial charge in [-0.25, -0.2) is 0 Å². The fraction of sp³-hybridized carbons (Fsp3) is 0.706. The van der Waals surface area contributed by atoms with E-state index in [9.17, 15) is 0 Å². The molecule has 2 atom stereocenters. The second-order valence-electron chi connectivity index (χ2n) is 6.25. The highest BCUT2D eigenvalue weighted by Gasteiger charge is 2.35. The summed E-state index contributed by atoms with van der Waals surface area (Å²) in [7, 11) is 0. The first-order chi connectivity index (χ1) is 9.81. The lowest BCUT2D eigenvalue weighted by Crippen LogP contribution is -2.55. The van der Waals surface area contributed by atoms with E-state index in [0.29, 0.717) is 6.04 Å². The van der Waals surface area contributed by atoms with Crippen LogP contribution >= 0.6 is 0 Å². The molecule has 3 heteroatoms. The third kappa shape index (κ3) is 2.75. The molecule has 110 valence electrons. The molecule has 0 saturated carbocycles. The number of aryl methyl sites for hydroxylation is 1. The van der Waals surface area contributed by atoms with Gasteiger partial charge in [-0.3, -0.25) is 14.8 Å². The van der Waals surface area contributed by atoms with Crippen molar-refractivity contribution < 1.29 is 0 Å². The molecule has 0 amide bonds. The van der Waals surface area contributed by atoms with Crippen molar-refractivity contribution in [3.8, 4) is 0 Å². The fourth-order valence-electron chi connectivity index (χ4n) is 3.86. The maximum Gasteiger partial charge on any atom is 0.0575 e. The van der Waals surface area contributed by atoms with Crippen molar-refractivity contribution in [3.63, 3.8) is 0 Å². The number of nitrogens with zero attached hydrogens (tertiary/aromatic N) is 3. The van der Waals surface area contributed by atoms with E-state index in [2.05, 4.69) is 40.8 Å². The minimum Gasteiger partial charge on any atom is -0.298 e. The van der Waals surface area contributed by atoms with E-state index in [1.165, 1.54) is 50.2 Å². The second-order valence-corrected chi connectivity index (χ2v) is 6.25. The fourth-order valence-corrected chi connectivity index (χ4v) is 3.86. The van der Waals surface area contributed by atoms with Crippen molar-refractivity contribution in [2.24, 2.45) is 0 Å². The predicted octanol–water partition coefficient (Wildman–Crippen LogP) is 2.70. The van der Waals surface area contributed by atoms with Crippen LogP contribution in [0, 0.1) is 0 Å². The Balaban J connectivity index is 1.74. The van der Waals surface area contributed by atoms with Crippen molar-refractivity contribution in [2.75, 3.05) is 19.6 Å². The Morgan fingerprint density at radius 1 is 1.30 bits per heavy atom. The summed E-state index contributed by atoms with van der Waals surface area (Å²) in [5.74, 6) is 0. The van der Waals surface area contributed by atoms with E-state index in [0.717, 1.165) is 19.0 Å². The van der Waals surface area contributed by atoms with Crippen molar-refractivity contribution in [2.45, 2.75) is 58.2 Å². The Morgan fingerprint density at radius 2 is 2.20 bits per heavy atom. The molecule has 2 aliphatic rings. The van der Waals surface area contributed by atoms with Gasteiger partial charge in [-0.1, -0.05) is 19.9 Å². The number of rotatable bonds is 4. The summed E-state index contributed by atoms with van der Waals surface area (Å²) in [6.07, 6.45) is 7.05. The van der Waals surface area contributed by atoms with E-state index >= 15 is 0 Å². The minimum atomic E-state index is 0.705. The van der Waals surface area contributed by atoms with Crippen LogP contribution in [0.5, 0.6) is 0 Å². The Hall–Kier alpha value is -0.930. The monoisotopic (exact) mass is 273 g/mol. The van der Waals surface area contributed by atoms with Crippen molar-refractivity contribution in [1.29, 1.82) is 0 Å². The smallest absolute Gasteiger partial charge is 0.0575 e. The van der Waals surface area contributed by atoms with Gasteiger partial charge < -0.3 is 0 Å². The largest absolute Gasteiger partial charge is 0.298 e. The van der Waals surface area contributed by atoms with Gasteiger partial charge in [-0.15, -0.1) is 0 Å². The molecule has 0 N–H and O–H groups in total. The summed E-state index contributed by atoms with van der Waals surface area (Å²) in [5.41, 5.74) is 2.70. The topological polar surface area (TPSA) is 19.4 Å². The SMILES string of the molecule is CCc1cccnc1CN1CC2CCCN2CC1CC. The molecule has 3 nitrogen and oxygen atoms in total. The first-order valence-electron chi connectivity index (χ1n) is 8.22. The summed E-state index contributed by atoms with van der Waals surface area (Å²) in [4.78, 5) is 10.0. The standard InChI is InChI=1S/C17H27N3/c1-3-14-7-5-9-18-17(14)13-20-12-16-8-6-10-19(16)11-15(20)4-2/h5,7,9,15-16H,3-4,6,8,10-13H2,1-2H3. The Labute approximate surface area is 123 Å². The van der Waals surface area contributed by atoms with Crippen LogP contribution in [0.15, 0.2) is 18.3 Å². The zero-order valence-corrected chi connectivity index (χ0v) is 12.9. The van der Waals surface area contributed by atoms with Crippen LogP contribution in [0.1, 0.15) is 44.4 Å². The minimum absolute atomic E-state index is 0.705. The average molecular weight is 273 g/mol. The quantitative estimate of drug-likeness (QED) is 0.841. The number of fused-ring (bicyclic) bond motifs is 1. The average Bonchev–Trinajstić information content (AvgIpc) is 2.94. The first kappa shape index (κ1) is 14.0. The third-order valence-electron chi connectivity index (χ3n) is 5.10. The molecule has 0 bridgehead atoms. The first-order valence-corrected chi connectivity index (χ1v) is 8.22. The van der Waals surface area contributed by atoms with Crippen LogP contribution in [0.3, 0.4) is 0 Å². The molecule has 3 rings (SSSR count). The Bertz CT molecular complexity index is 446. The summed E-state index contributed by atoms with van der Waals surface area (Å²) in [6, 6.07) is 5.80. The molecular weight excluding hydrogens is 246 g/mol. The molecule has 0 radical (unpaired) electrons. The van der Waals surface area contributed by atoms with Gasteiger partial charge in [0.05, 0.1) is 5.69 Å². The molecule has 0 spiro atoms. The highest BCUT2D eigenvalue weighted by Crippen LogP contribution is 2.27. The maximum absolute atomic E-state index is 4.64. The van der Waals surface area contributed by atoms with E-state index < -0.39 is 0 Å². The summed E-state index contributed by atoms with van der Waals surface area (Å²) < 4.78 is 0. The third-order valence-corrected chi connectivity index (χ3v) is 5.10. The van der Waals surface area contributed by atoms with Crippen molar-refractivity contribution >= 4 is 0 Å². The van der Waals surface area contributed by atoms with E-state index in [1.807, 2.05) is 6.20 Å². The molecule has 20 heavy (non-hydrogen) atoms. The van der Waals surface area contributed by atoms with Crippen LogP contribution in [0.25, 0.3) is 0 Å². The molecular formula is C17H27N3. The molecule has 3 heterocycles. The molecule has 0 aliphatic carbocycles. The zero-order chi connectivity index (χ0) is 13.9. The van der Waals surface area contributed by atoms with Crippen LogP contribution in [0.4, 0.5) is 0 Å². The molecule has 1 aromatic heterocycles.